The number of carbonyl (C=O) groups is 2. The van der Waals surface area contributed by atoms with Crippen molar-refractivity contribution in [1.82, 2.24) is 4.90 Å². The first-order chi connectivity index (χ1) is 9.81. The molecule has 1 aromatic rings. The molecular weight excluding hydrogens is 288 g/mol. The molecule has 0 unspecified atom stereocenters. The minimum absolute atomic E-state index is 0.0982. The summed E-state index contributed by atoms with van der Waals surface area (Å²) in [5.74, 6) is -0.394. The number of nitrogens with zero attached hydrogens (tertiary/aromatic N) is 1. The molecule has 0 aliphatic heterocycles. The summed E-state index contributed by atoms with van der Waals surface area (Å²) < 4.78 is 0. The fraction of sp³-hybridized carbons (Fsp3) is 0.600. The summed E-state index contributed by atoms with van der Waals surface area (Å²) in [6, 6.07) is -0.110. The van der Waals surface area contributed by atoms with Crippen molar-refractivity contribution in [3.05, 3.63) is 16.0 Å². The van der Waals surface area contributed by atoms with Crippen molar-refractivity contribution in [1.29, 1.82) is 0 Å². The fourth-order valence-corrected chi connectivity index (χ4v) is 3.29. The van der Waals surface area contributed by atoms with Gasteiger partial charge in [0.15, 0.2) is 0 Å². The Hall–Kier alpha value is -1.56. The van der Waals surface area contributed by atoms with Gasteiger partial charge in [0.05, 0.1) is 5.56 Å². The number of hydrogen-bond acceptors (Lipinski definition) is 3. The summed E-state index contributed by atoms with van der Waals surface area (Å²) in [4.78, 5) is 26.5. The lowest BCUT2D eigenvalue weighted by atomic mass is 10.1. The van der Waals surface area contributed by atoms with Crippen LogP contribution in [0.4, 0.5) is 9.80 Å². The van der Waals surface area contributed by atoms with Crippen LogP contribution in [0.3, 0.4) is 0 Å². The van der Waals surface area contributed by atoms with E-state index in [-0.39, 0.29) is 17.6 Å². The Morgan fingerprint density at radius 3 is 2.48 bits per heavy atom. The van der Waals surface area contributed by atoms with Gasteiger partial charge in [0, 0.05) is 17.5 Å². The number of carboxylic acids is 1. The molecule has 1 aromatic heterocycles. The highest BCUT2D eigenvalue weighted by Gasteiger charge is 2.29. The fourth-order valence-electron chi connectivity index (χ4n) is 2.25. The molecule has 6 heteroatoms. The maximum absolute atomic E-state index is 12.4. The maximum atomic E-state index is 12.4. The summed E-state index contributed by atoms with van der Waals surface area (Å²) in [5.41, 5.74) is 0.932. The Balaban J connectivity index is 2.17. The smallest absolute Gasteiger partial charge is 0.338 e. The van der Waals surface area contributed by atoms with Gasteiger partial charge in [0.1, 0.15) is 5.00 Å². The SMILES string of the molecule is Cc1sc(NC(=O)N(CC2CC2)C(C)C)c(C(=O)O)c1C. The second kappa shape index (κ2) is 6.05. The van der Waals surface area contributed by atoms with Crippen molar-refractivity contribution in [2.45, 2.75) is 46.6 Å². The van der Waals surface area contributed by atoms with Crippen LogP contribution in [0.1, 0.15) is 47.5 Å². The van der Waals surface area contributed by atoms with Gasteiger partial charge in [-0.2, -0.15) is 0 Å². The molecule has 1 fully saturated rings. The van der Waals surface area contributed by atoms with Gasteiger partial charge in [-0.15, -0.1) is 11.3 Å². The molecule has 0 aromatic carbocycles. The quantitative estimate of drug-likeness (QED) is 0.871. The summed E-state index contributed by atoms with van der Waals surface area (Å²) in [6.45, 7) is 8.34. The average molecular weight is 310 g/mol. The van der Waals surface area contributed by atoms with E-state index in [0.29, 0.717) is 10.9 Å². The van der Waals surface area contributed by atoms with Gasteiger partial charge in [-0.05, 0) is 52.0 Å². The number of carboxylic acid groups (broad SMARTS) is 1. The second-order valence-corrected chi connectivity index (χ2v) is 7.14. The zero-order valence-corrected chi connectivity index (χ0v) is 13.7. The van der Waals surface area contributed by atoms with Crippen LogP contribution in [0.2, 0.25) is 0 Å². The van der Waals surface area contributed by atoms with Crippen molar-refractivity contribution < 1.29 is 14.7 Å². The second-order valence-electron chi connectivity index (χ2n) is 5.91. The standard InChI is InChI=1S/C15H22N2O3S/c1-8(2)17(7-11-5-6-11)15(20)16-13-12(14(18)19)9(3)10(4)21-13/h8,11H,5-7H2,1-4H3,(H,16,20)(H,18,19). The minimum Gasteiger partial charge on any atom is -0.478 e. The zero-order valence-electron chi connectivity index (χ0n) is 12.9. The monoisotopic (exact) mass is 310 g/mol. The van der Waals surface area contributed by atoms with Crippen LogP contribution in [-0.4, -0.2) is 34.6 Å². The molecule has 2 rings (SSSR count). The van der Waals surface area contributed by atoms with E-state index in [0.717, 1.165) is 17.0 Å². The normalized spacial score (nSPS) is 14.3. The molecule has 1 heterocycles. The van der Waals surface area contributed by atoms with Crippen LogP contribution in [0.25, 0.3) is 0 Å². The van der Waals surface area contributed by atoms with E-state index in [1.165, 1.54) is 24.2 Å². The van der Waals surface area contributed by atoms with Crippen LogP contribution in [0.5, 0.6) is 0 Å². The van der Waals surface area contributed by atoms with Crippen molar-refractivity contribution in [3.63, 3.8) is 0 Å². The van der Waals surface area contributed by atoms with Crippen LogP contribution in [0.15, 0.2) is 0 Å². The predicted molar refractivity (Wildman–Crippen MR) is 84.3 cm³/mol. The molecule has 0 bridgehead atoms. The molecule has 116 valence electrons. The third kappa shape index (κ3) is 3.56. The van der Waals surface area contributed by atoms with Gasteiger partial charge >= 0.3 is 12.0 Å². The Morgan fingerprint density at radius 2 is 2.00 bits per heavy atom. The summed E-state index contributed by atoms with van der Waals surface area (Å²) in [7, 11) is 0. The first-order valence-electron chi connectivity index (χ1n) is 7.22. The molecular formula is C15H22N2O3S. The molecule has 21 heavy (non-hydrogen) atoms. The zero-order chi connectivity index (χ0) is 15.7. The van der Waals surface area contributed by atoms with E-state index in [1.807, 2.05) is 20.8 Å². The Bertz CT molecular complexity index is 562. The number of aryl methyl sites for hydroxylation is 1. The van der Waals surface area contributed by atoms with Crippen LogP contribution in [-0.2, 0) is 0 Å². The topological polar surface area (TPSA) is 69.6 Å². The summed E-state index contributed by atoms with van der Waals surface area (Å²) in [5, 5.41) is 12.5. The lowest BCUT2D eigenvalue weighted by Gasteiger charge is -2.26. The van der Waals surface area contributed by atoms with Gasteiger partial charge in [-0.1, -0.05) is 0 Å². The van der Waals surface area contributed by atoms with Crippen LogP contribution < -0.4 is 5.32 Å². The number of thiophene rings is 1. The molecule has 2 N–H and O–H groups in total. The lowest BCUT2D eigenvalue weighted by molar-refractivity contribution is 0.0697. The van der Waals surface area contributed by atoms with E-state index in [4.69, 9.17) is 0 Å². The number of amides is 2. The highest BCUT2D eigenvalue weighted by atomic mass is 32.1. The first-order valence-corrected chi connectivity index (χ1v) is 8.03. The van der Waals surface area contributed by atoms with E-state index in [9.17, 15) is 14.7 Å². The molecule has 2 amide bonds. The predicted octanol–water partition coefficient (Wildman–Crippen LogP) is 3.72. The Morgan fingerprint density at radius 1 is 1.38 bits per heavy atom. The average Bonchev–Trinajstić information content (AvgIpc) is 3.14. The first kappa shape index (κ1) is 15.8. The molecule has 1 aliphatic carbocycles. The molecule has 0 radical (unpaired) electrons. The van der Waals surface area contributed by atoms with Gasteiger partial charge in [-0.25, -0.2) is 9.59 Å². The number of anilines is 1. The number of carbonyl (C=O) groups excluding carboxylic acids is 1. The van der Waals surface area contributed by atoms with Gasteiger partial charge in [0.2, 0.25) is 0 Å². The van der Waals surface area contributed by atoms with E-state index >= 15 is 0 Å². The van der Waals surface area contributed by atoms with Crippen molar-refractivity contribution in [3.8, 4) is 0 Å². The van der Waals surface area contributed by atoms with Crippen LogP contribution in [0, 0.1) is 19.8 Å². The number of aromatic carboxylic acids is 1. The largest absolute Gasteiger partial charge is 0.478 e. The molecule has 5 nitrogen and oxygen atoms in total. The van der Waals surface area contributed by atoms with Gasteiger partial charge in [-0.3, -0.25) is 5.32 Å². The molecule has 0 spiro atoms. The molecule has 0 saturated heterocycles. The van der Waals surface area contributed by atoms with Crippen molar-refractivity contribution in [2.24, 2.45) is 5.92 Å². The molecule has 1 saturated carbocycles. The number of nitrogens with one attached hydrogen (secondary N) is 1. The van der Waals surface area contributed by atoms with E-state index in [2.05, 4.69) is 5.32 Å². The number of urea groups is 1. The number of hydrogen-bond donors (Lipinski definition) is 2. The Kier molecular flexibility index (Phi) is 4.56. The molecule has 0 atom stereocenters. The number of rotatable bonds is 5. The Labute approximate surface area is 129 Å². The van der Waals surface area contributed by atoms with Crippen molar-refractivity contribution in [2.75, 3.05) is 11.9 Å². The van der Waals surface area contributed by atoms with Crippen LogP contribution >= 0.6 is 11.3 Å². The lowest BCUT2D eigenvalue weighted by Crippen LogP contribution is -2.41. The molecule has 1 aliphatic rings. The van der Waals surface area contributed by atoms with Crippen molar-refractivity contribution >= 4 is 28.3 Å². The summed E-state index contributed by atoms with van der Waals surface area (Å²) >= 11 is 1.32. The van der Waals surface area contributed by atoms with E-state index < -0.39 is 5.97 Å². The third-order valence-electron chi connectivity index (χ3n) is 3.86. The minimum atomic E-state index is -0.995. The summed E-state index contributed by atoms with van der Waals surface area (Å²) in [6.07, 6.45) is 2.35. The third-order valence-corrected chi connectivity index (χ3v) is 4.98. The van der Waals surface area contributed by atoms with Gasteiger partial charge < -0.3 is 10.0 Å². The van der Waals surface area contributed by atoms with E-state index in [1.54, 1.807) is 11.8 Å². The maximum Gasteiger partial charge on any atom is 0.338 e. The highest BCUT2D eigenvalue weighted by molar-refractivity contribution is 7.16. The van der Waals surface area contributed by atoms with Gasteiger partial charge in [0.25, 0.3) is 0 Å². The highest BCUT2D eigenvalue weighted by Crippen LogP contribution is 2.34.